The zero-order valence-corrected chi connectivity index (χ0v) is 19.9. The van der Waals surface area contributed by atoms with Gasteiger partial charge in [0.1, 0.15) is 0 Å². The molecule has 1 fully saturated rings. The monoisotopic (exact) mass is 516 g/mol. The van der Waals surface area contributed by atoms with Gasteiger partial charge in [0.2, 0.25) is 0 Å². The third-order valence-electron chi connectivity index (χ3n) is 5.79. The number of hydrogen-bond donors (Lipinski definition) is 0. The fourth-order valence-corrected chi connectivity index (χ4v) is 4.73. The lowest BCUT2D eigenvalue weighted by molar-refractivity contribution is 0.0773. The van der Waals surface area contributed by atoms with Crippen molar-refractivity contribution < 1.29 is 4.79 Å². The van der Waals surface area contributed by atoms with Crippen LogP contribution in [0.4, 0.5) is 11.4 Å². The summed E-state index contributed by atoms with van der Waals surface area (Å²) in [5, 5.41) is 9.37. The van der Waals surface area contributed by atoms with E-state index in [4.69, 9.17) is 0 Å². The van der Waals surface area contributed by atoms with Gasteiger partial charge >= 0.3 is 0 Å². The van der Waals surface area contributed by atoms with E-state index in [9.17, 15) is 10.1 Å². The quantitative estimate of drug-likeness (QED) is 0.294. The standard InChI is InChI=1S/C24H29IN4O/c1-3-28(4-2)24(30)20-8-10-21(11-9-20)29(22-12-14-27(18-25)15-13-22)23-7-5-6-19(16-23)17-26/h5-11,16,22H,3-4,12-15,18H2,1-2H3. The summed E-state index contributed by atoms with van der Waals surface area (Å²) in [6, 6.07) is 18.4. The summed E-state index contributed by atoms with van der Waals surface area (Å²) >= 11 is 2.42. The van der Waals surface area contributed by atoms with Crippen LogP contribution in [0.2, 0.25) is 0 Å². The van der Waals surface area contributed by atoms with Crippen molar-refractivity contribution in [1.82, 2.24) is 9.80 Å². The first-order valence-corrected chi connectivity index (χ1v) is 12.1. The topological polar surface area (TPSA) is 50.6 Å². The number of hydrogen-bond acceptors (Lipinski definition) is 4. The Balaban J connectivity index is 1.92. The zero-order valence-electron chi connectivity index (χ0n) is 17.7. The van der Waals surface area contributed by atoms with E-state index in [2.05, 4.69) is 44.5 Å². The van der Waals surface area contributed by atoms with Gasteiger partial charge in [0.25, 0.3) is 5.91 Å². The van der Waals surface area contributed by atoms with Gasteiger partial charge in [-0.2, -0.15) is 5.26 Å². The van der Waals surface area contributed by atoms with Crippen molar-refractivity contribution in [3.63, 3.8) is 0 Å². The Labute approximate surface area is 193 Å². The molecule has 0 aliphatic carbocycles. The molecule has 1 heterocycles. The summed E-state index contributed by atoms with van der Waals surface area (Å²) in [7, 11) is 0. The van der Waals surface area contributed by atoms with E-state index in [1.807, 2.05) is 61.2 Å². The molecule has 3 rings (SSSR count). The predicted molar refractivity (Wildman–Crippen MR) is 130 cm³/mol. The maximum Gasteiger partial charge on any atom is 0.253 e. The van der Waals surface area contributed by atoms with Gasteiger partial charge in [-0.25, -0.2) is 0 Å². The fourth-order valence-electron chi connectivity index (χ4n) is 4.05. The third kappa shape index (κ3) is 5.13. The third-order valence-corrected chi connectivity index (χ3v) is 6.75. The van der Waals surface area contributed by atoms with E-state index in [0.717, 1.165) is 41.9 Å². The molecule has 0 aromatic heterocycles. The number of halogens is 1. The number of likely N-dealkylation sites (tertiary alicyclic amines) is 1. The predicted octanol–water partition coefficient (Wildman–Crippen LogP) is 5.04. The summed E-state index contributed by atoms with van der Waals surface area (Å²) < 4.78 is 1.05. The Kier molecular flexibility index (Phi) is 8.11. The zero-order chi connectivity index (χ0) is 21.5. The van der Waals surface area contributed by atoms with Crippen molar-refractivity contribution in [3.8, 4) is 6.07 Å². The van der Waals surface area contributed by atoms with Gasteiger partial charge in [-0.3, -0.25) is 9.69 Å². The molecule has 2 aromatic rings. The van der Waals surface area contributed by atoms with Crippen LogP contribution in [0.5, 0.6) is 0 Å². The van der Waals surface area contributed by atoms with Gasteiger partial charge in [0.05, 0.1) is 16.2 Å². The molecule has 1 aliphatic rings. The normalized spacial score (nSPS) is 14.9. The Bertz CT molecular complexity index is 881. The number of amides is 1. The lowest BCUT2D eigenvalue weighted by atomic mass is 10.0. The Hall–Kier alpha value is -2.11. The van der Waals surface area contributed by atoms with E-state index < -0.39 is 0 Å². The molecular weight excluding hydrogens is 487 g/mol. The summed E-state index contributed by atoms with van der Waals surface area (Å²) in [5.74, 6) is 0.0694. The first-order chi connectivity index (χ1) is 14.6. The first kappa shape index (κ1) is 22.6. The van der Waals surface area contributed by atoms with Crippen LogP contribution in [0.25, 0.3) is 0 Å². The summed E-state index contributed by atoms with van der Waals surface area (Å²) in [6.07, 6.45) is 2.14. The molecule has 1 aliphatic heterocycles. The van der Waals surface area contributed by atoms with Crippen LogP contribution in [0.15, 0.2) is 48.5 Å². The van der Waals surface area contributed by atoms with Crippen LogP contribution >= 0.6 is 22.6 Å². The Morgan fingerprint density at radius 3 is 2.33 bits per heavy atom. The molecule has 6 heteroatoms. The van der Waals surface area contributed by atoms with E-state index in [1.165, 1.54) is 0 Å². The molecule has 0 unspecified atom stereocenters. The highest BCUT2D eigenvalue weighted by Crippen LogP contribution is 2.33. The van der Waals surface area contributed by atoms with Crippen molar-refractivity contribution in [3.05, 3.63) is 59.7 Å². The molecule has 158 valence electrons. The van der Waals surface area contributed by atoms with Crippen molar-refractivity contribution in [2.75, 3.05) is 35.6 Å². The largest absolute Gasteiger partial charge is 0.339 e. The number of anilines is 2. The maximum atomic E-state index is 12.7. The van der Waals surface area contributed by atoms with Crippen LogP contribution < -0.4 is 4.90 Å². The van der Waals surface area contributed by atoms with E-state index in [1.54, 1.807) is 0 Å². The highest BCUT2D eigenvalue weighted by Gasteiger charge is 2.26. The number of alkyl halides is 1. The van der Waals surface area contributed by atoms with Crippen molar-refractivity contribution in [2.24, 2.45) is 0 Å². The molecular formula is C24H29IN4O. The molecule has 1 amide bonds. The Morgan fingerprint density at radius 1 is 1.10 bits per heavy atom. The number of piperidine rings is 1. The summed E-state index contributed by atoms with van der Waals surface area (Å²) in [6.45, 7) is 7.56. The number of benzene rings is 2. The van der Waals surface area contributed by atoms with Gasteiger partial charge in [-0.1, -0.05) is 28.7 Å². The molecule has 0 bridgehead atoms. The van der Waals surface area contributed by atoms with E-state index in [0.29, 0.717) is 30.3 Å². The summed E-state index contributed by atoms with van der Waals surface area (Å²) in [4.78, 5) is 19.3. The number of carbonyl (C=O) groups is 1. The van der Waals surface area contributed by atoms with Gasteiger partial charge in [-0.05, 0) is 69.2 Å². The fraction of sp³-hybridized carbons (Fsp3) is 0.417. The molecule has 0 atom stereocenters. The van der Waals surface area contributed by atoms with Gasteiger partial charge in [0, 0.05) is 49.2 Å². The molecule has 0 N–H and O–H groups in total. The minimum Gasteiger partial charge on any atom is -0.339 e. The van der Waals surface area contributed by atoms with E-state index >= 15 is 0 Å². The second kappa shape index (κ2) is 10.8. The molecule has 0 saturated carbocycles. The van der Waals surface area contributed by atoms with Crippen LogP contribution in [-0.4, -0.2) is 52.5 Å². The van der Waals surface area contributed by atoms with Gasteiger partial charge in [0.15, 0.2) is 0 Å². The highest BCUT2D eigenvalue weighted by atomic mass is 127. The molecule has 5 nitrogen and oxygen atoms in total. The lowest BCUT2D eigenvalue weighted by Gasteiger charge is -2.39. The van der Waals surface area contributed by atoms with E-state index in [-0.39, 0.29) is 5.91 Å². The maximum absolute atomic E-state index is 12.7. The number of rotatable bonds is 7. The van der Waals surface area contributed by atoms with Crippen molar-refractivity contribution >= 4 is 39.9 Å². The van der Waals surface area contributed by atoms with Crippen LogP contribution in [0, 0.1) is 11.3 Å². The minimum absolute atomic E-state index is 0.0694. The summed E-state index contributed by atoms with van der Waals surface area (Å²) in [5.41, 5.74) is 3.47. The number of nitriles is 1. The SMILES string of the molecule is CCN(CC)C(=O)c1ccc(N(c2cccc(C#N)c2)C2CCN(CI)CC2)cc1. The first-order valence-electron chi connectivity index (χ1n) is 10.6. The van der Waals surface area contributed by atoms with Crippen LogP contribution in [0.1, 0.15) is 42.6 Å². The van der Waals surface area contributed by atoms with Crippen LogP contribution in [-0.2, 0) is 0 Å². The molecule has 1 saturated heterocycles. The van der Waals surface area contributed by atoms with Crippen molar-refractivity contribution in [2.45, 2.75) is 32.7 Å². The Morgan fingerprint density at radius 2 is 1.77 bits per heavy atom. The van der Waals surface area contributed by atoms with Gasteiger partial charge in [-0.15, -0.1) is 0 Å². The lowest BCUT2D eigenvalue weighted by Crippen LogP contribution is -2.42. The minimum atomic E-state index is 0.0694. The molecule has 2 aromatic carbocycles. The van der Waals surface area contributed by atoms with Gasteiger partial charge < -0.3 is 9.80 Å². The average molecular weight is 516 g/mol. The number of carbonyl (C=O) groups excluding carboxylic acids is 1. The second-order valence-corrected chi connectivity index (χ2v) is 8.21. The smallest absolute Gasteiger partial charge is 0.253 e. The number of nitrogens with zero attached hydrogens (tertiary/aromatic N) is 4. The highest BCUT2D eigenvalue weighted by molar-refractivity contribution is 14.1. The molecule has 0 spiro atoms. The average Bonchev–Trinajstić information content (AvgIpc) is 2.81. The van der Waals surface area contributed by atoms with Crippen LogP contribution in [0.3, 0.4) is 0 Å². The molecule has 30 heavy (non-hydrogen) atoms. The second-order valence-electron chi connectivity index (χ2n) is 7.53. The molecule has 0 radical (unpaired) electrons. The van der Waals surface area contributed by atoms with Crippen molar-refractivity contribution in [1.29, 1.82) is 5.26 Å².